The SMILES string of the molecule is COc1cc(/C=N/NC(=O)c2cc3cc(Br)ccc3o2)cc(OC)c1OC. The molecule has 0 spiro atoms. The maximum atomic E-state index is 12.2. The second-order valence-corrected chi connectivity index (χ2v) is 6.37. The molecule has 1 aromatic heterocycles. The number of nitrogens with zero attached hydrogens (tertiary/aromatic N) is 1. The van der Waals surface area contributed by atoms with Gasteiger partial charge in [-0.25, -0.2) is 5.43 Å². The predicted octanol–water partition coefficient (Wildman–Crippen LogP) is 3.99. The van der Waals surface area contributed by atoms with E-state index in [-0.39, 0.29) is 5.76 Å². The van der Waals surface area contributed by atoms with Gasteiger partial charge in [-0.05, 0) is 36.4 Å². The Morgan fingerprint density at radius 2 is 1.78 bits per heavy atom. The van der Waals surface area contributed by atoms with Gasteiger partial charge < -0.3 is 18.6 Å². The number of rotatable bonds is 6. The summed E-state index contributed by atoms with van der Waals surface area (Å²) in [4.78, 5) is 12.2. The fourth-order valence-corrected chi connectivity index (χ4v) is 2.90. The van der Waals surface area contributed by atoms with E-state index >= 15 is 0 Å². The lowest BCUT2D eigenvalue weighted by atomic mass is 10.2. The van der Waals surface area contributed by atoms with E-state index < -0.39 is 5.91 Å². The Balaban J connectivity index is 1.77. The highest BCUT2D eigenvalue weighted by Crippen LogP contribution is 2.37. The summed E-state index contributed by atoms with van der Waals surface area (Å²) in [6.07, 6.45) is 1.47. The smallest absolute Gasteiger partial charge is 0.307 e. The van der Waals surface area contributed by atoms with Gasteiger partial charge in [-0.1, -0.05) is 15.9 Å². The first-order valence-corrected chi connectivity index (χ1v) is 8.67. The second kappa shape index (κ2) is 8.13. The first kappa shape index (κ1) is 18.8. The molecule has 0 bridgehead atoms. The quantitative estimate of drug-likeness (QED) is 0.470. The molecule has 3 rings (SSSR count). The molecule has 0 aliphatic rings. The van der Waals surface area contributed by atoms with Gasteiger partial charge in [0.15, 0.2) is 17.3 Å². The maximum absolute atomic E-state index is 12.2. The Bertz CT molecular complexity index is 987. The average Bonchev–Trinajstić information content (AvgIpc) is 3.10. The van der Waals surface area contributed by atoms with Gasteiger partial charge in [0.1, 0.15) is 5.58 Å². The number of hydrazone groups is 1. The Labute approximate surface area is 164 Å². The molecule has 0 atom stereocenters. The Morgan fingerprint density at radius 3 is 2.41 bits per heavy atom. The number of amides is 1. The van der Waals surface area contributed by atoms with E-state index in [0.717, 1.165) is 9.86 Å². The molecule has 1 heterocycles. The molecule has 2 aromatic carbocycles. The zero-order valence-electron chi connectivity index (χ0n) is 14.9. The number of carbonyl (C=O) groups is 1. The molecule has 8 heteroatoms. The number of benzene rings is 2. The van der Waals surface area contributed by atoms with Crippen molar-refractivity contribution in [3.8, 4) is 17.2 Å². The van der Waals surface area contributed by atoms with Crippen molar-refractivity contribution in [2.75, 3.05) is 21.3 Å². The predicted molar refractivity (Wildman–Crippen MR) is 105 cm³/mol. The molecule has 1 amide bonds. The Hall–Kier alpha value is -3.00. The fourth-order valence-electron chi connectivity index (χ4n) is 2.52. The molecule has 27 heavy (non-hydrogen) atoms. The molecule has 7 nitrogen and oxygen atoms in total. The van der Waals surface area contributed by atoms with Crippen molar-refractivity contribution in [2.45, 2.75) is 0 Å². The molecule has 140 valence electrons. The molecular formula is C19H17BrN2O5. The summed E-state index contributed by atoms with van der Waals surface area (Å²) in [6, 6.07) is 10.6. The highest BCUT2D eigenvalue weighted by Gasteiger charge is 2.13. The maximum Gasteiger partial charge on any atom is 0.307 e. The van der Waals surface area contributed by atoms with Crippen molar-refractivity contribution in [2.24, 2.45) is 5.10 Å². The molecule has 0 radical (unpaired) electrons. The lowest BCUT2D eigenvalue weighted by Gasteiger charge is -2.12. The number of fused-ring (bicyclic) bond motifs is 1. The standard InChI is InChI=1S/C19H17BrN2O5/c1-24-15-6-11(7-16(25-2)18(15)26-3)10-21-22-19(23)17-9-12-8-13(20)4-5-14(12)27-17/h4-10H,1-3H3,(H,22,23)/b21-10+. The van der Waals surface area contributed by atoms with E-state index in [1.165, 1.54) is 27.5 Å². The molecule has 0 saturated carbocycles. The number of carbonyl (C=O) groups excluding carboxylic acids is 1. The fraction of sp³-hybridized carbons (Fsp3) is 0.158. The summed E-state index contributed by atoms with van der Waals surface area (Å²) in [5.41, 5.74) is 3.73. The molecule has 0 fully saturated rings. The number of nitrogens with one attached hydrogen (secondary N) is 1. The topological polar surface area (TPSA) is 82.3 Å². The van der Waals surface area contributed by atoms with Crippen LogP contribution in [0.3, 0.4) is 0 Å². The van der Waals surface area contributed by atoms with Crippen LogP contribution in [-0.4, -0.2) is 33.5 Å². The first-order valence-electron chi connectivity index (χ1n) is 7.88. The van der Waals surface area contributed by atoms with Crippen molar-refractivity contribution in [1.82, 2.24) is 5.43 Å². The largest absolute Gasteiger partial charge is 0.493 e. The third-order valence-corrected chi connectivity index (χ3v) is 4.26. The zero-order chi connectivity index (χ0) is 19.4. The van der Waals surface area contributed by atoms with Crippen LogP contribution in [0.15, 0.2) is 50.4 Å². The lowest BCUT2D eigenvalue weighted by Crippen LogP contribution is -2.16. The second-order valence-electron chi connectivity index (χ2n) is 5.45. The number of methoxy groups -OCH3 is 3. The van der Waals surface area contributed by atoms with Crippen molar-refractivity contribution < 1.29 is 23.4 Å². The van der Waals surface area contributed by atoms with Crippen molar-refractivity contribution >= 4 is 39.0 Å². The van der Waals surface area contributed by atoms with Crippen LogP contribution in [0, 0.1) is 0 Å². The number of hydrogen-bond donors (Lipinski definition) is 1. The van der Waals surface area contributed by atoms with E-state index in [9.17, 15) is 4.79 Å². The van der Waals surface area contributed by atoms with Crippen LogP contribution in [-0.2, 0) is 0 Å². The lowest BCUT2D eigenvalue weighted by molar-refractivity contribution is 0.0929. The van der Waals surface area contributed by atoms with Crippen LogP contribution in [0.4, 0.5) is 0 Å². The zero-order valence-corrected chi connectivity index (χ0v) is 16.5. The summed E-state index contributed by atoms with van der Waals surface area (Å²) < 4.78 is 22.3. The number of halogens is 1. The highest BCUT2D eigenvalue weighted by atomic mass is 79.9. The van der Waals surface area contributed by atoms with Gasteiger partial charge in [0, 0.05) is 15.4 Å². The van der Waals surface area contributed by atoms with Crippen LogP contribution in [0.5, 0.6) is 17.2 Å². The van der Waals surface area contributed by atoms with Gasteiger partial charge in [0.2, 0.25) is 5.75 Å². The van der Waals surface area contributed by atoms with E-state index in [4.69, 9.17) is 18.6 Å². The van der Waals surface area contributed by atoms with Gasteiger partial charge in [-0.2, -0.15) is 5.10 Å². The number of ether oxygens (including phenoxy) is 3. The molecule has 0 aliphatic heterocycles. The van der Waals surface area contributed by atoms with Crippen molar-refractivity contribution in [3.63, 3.8) is 0 Å². The highest BCUT2D eigenvalue weighted by molar-refractivity contribution is 9.10. The number of hydrogen-bond acceptors (Lipinski definition) is 6. The Kier molecular flexibility index (Phi) is 5.66. The summed E-state index contributed by atoms with van der Waals surface area (Å²) in [7, 11) is 4.58. The Morgan fingerprint density at radius 1 is 1.07 bits per heavy atom. The molecule has 0 saturated heterocycles. The third kappa shape index (κ3) is 4.06. The van der Waals surface area contributed by atoms with Crippen molar-refractivity contribution in [1.29, 1.82) is 0 Å². The third-order valence-electron chi connectivity index (χ3n) is 3.77. The number of furan rings is 1. The van der Waals surface area contributed by atoms with Gasteiger partial charge in [-0.15, -0.1) is 0 Å². The molecular weight excluding hydrogens is 416 g/mol. The van der Waals surface area contributed by atoms with Gasteiger partial charge in [0.25, 0.3) is 0 Å². The van der Waals surface area contributed by atoms with Gasteiger partial charge >= 0.3 is 5.91 Å². The molecule has 0 unspecified atom stereocenters. The molecule has 3 aromatic rings. The van der Waals surface area contributed by atoms with E-state index in [1.807, 2.05) is 12.1 Å². The van der Waals surface area contributed by atoms with Gasteiger partial charge in [-0.3, -0.25) is 4.79 Å². The van der Waals surface area contributed by atoms with Crippen LogP contribution in [0.1, 0.15) is 16.1 Å². The first-order chi connectivity index (χ1) is 13.0. The minimum atomic E-state index is -0.453. The van der Waals surface area contributed by atoms with Crippen molar-refractivity contribution in [3.05, 3.63) is 52.2 Å². The van der Waals surface area contributed by atoms with E-state index in [1.54, 1.807) is 24.3 Å². The average molecular weight is 433 g/mol. The molecule has 1 N–H and O–H groups in total. The van der Waals surface area contributed by atoms with Crippen LogP contribution in [0.2, 0.25) is 0 Å². The van der Waals surface area contributed by atoms with Crippen LogP contribution >= 0.6 is 15.9 Å². The minimum Gasteiger partial charge on any atom is -0.493 e. The monoisotopic (exact) mass is 432 g/mol. The van der Waals surface area contributed by atoms with Crippen LogP contribution < -0.4 is 19.6 Å². The summed E-state index contributed by atoms with van der Waals surface area (Å²) in [5.74, 6) is 1.19. The van der Waals surface area contributed by atoms with E-state index in [0.29, 0.717) is 28.4 Å². The summed E-state index contributed by atoms with van der Waals surface area (Å²) in [6.45, 7) is 0. The van der Waals surface area contributed by atoms with Crippen LogP contribution in [0.25, 0.3) is 11.0 Å². The van der Waals surface area contributed by atoms with E-state index in [2.05, 4.69) is 26.5 Å². The normalized spacial score (nSPS) is 11.0. The minimum absolute atomic E-state index is 0.171. The van der Waals surface area contributed by atoms with Gasteiger partial charge in [0.05, 0.1) is 27.5 Å². The summed E-state index contributed by atoms with van der Waals surface area (Å²) in [5, 5.41) is 4.79. The summed E-state index contributed by atoms with van der Waals surface area (Å²) >= 11 is 3.39. The molecule has 0 aliphatic carbocycles.